The van der Waals surface area contributed by atoms with Crippen molar-refractivity contribution in [3.8, 4) is 11.4 Å². The summed E-state index contributed by atoms with van der Waals surface area (Å²) in [5.74, 6) is 1.52. The van der Waals surface area contributed by atoms with Crippen LogP contribution in [0.25, 0.3) is 148 Å². The number of aliphatic hydroxyl groups excluding tert-OH is 1. The van der Waals surface area contributed by atoms with Gasteiger partial charge in [0, 0.05) is 126 Å². The van der Waals surface area contributed by atoms with E-state index in [9.17, 15) is 23.6 Å². The number of imidazole rings is 6. The fraction of sp³-hybridized carbons (Fsp3) is 0.121. The van der Waals surface area contributed by atoms with Gasteiger partial charge in [0.25, 0.3) is 0 Å². The number of nitrogens with zero attached hydrogens (tertiary/aromatic N) is 12. The molecule has 0 fully saturated rings. The minimum Gasteiger partial charge on any atom is -1.00 e. The van der Waals surface area contributed by atoms with Crippen LogP contribution in [-0.2, 0) is 37.4 Å². The van der Waals surface area contributed by atoms with E-state index in [1.54, 1.807) is 27.0 Å². The van der Waals surface area contributed by atoms with Gasteiger partial charge in [0.05, 0.1) is 76.3 Å². The van der Waals surface area contributed by atoms with Crippen molar-refractivity contribution in [1.82, 2.24) is 56.9 Å². The van der Waals surface area contributed by atoms with E-state index >= 15 is 0 Å². The third kappa shape index (κ3) is 26.2. The number of aliphatic hydroxyl groups is 1. The third-order valence-electron chi connectivity index (χ3n) is 21.8. The molecule has 12 aromatic carbocycles. The second kappa shape index (κ2) is 55.8. The first-order valence-electron chi connectivity index (χ1n) is 42.6. The molecule has 23 aromatic rings. The van der Waals surface area contributed by atoms with Crippen LogP contribution in [0.5, 0.6) is 0 Å². The number of ketones is 4. The van der Waals surface area contributed by atoms with Crippen LogP contribution in [-0.4, -0.2) is 123 Å². The Morgan fingerprint density at radius 1 is 0.428 bits per heavy atom. The van der Waals surface area contributed by atoms with Crippen LogP contribution in [0.1, 0.15) is 61.4 Å². The summed E-state index contributed by atoms with van der Waals surface area (Å²) >= 11 is 18.6. The molecule has 0 aliphatic carbocycles. The second-order valence-corrected chi connectivity index (χ2v) is 33.7. The molecule has 138 heavy (non-hydrogen) atoms. The molecular formula is C107H97BBr4Cl2FIN13Na2O6S. The molecule has 3 N–H and O–H groups in total. The van der Waals surface area contributed by atoms with Gasteiger partial charge >= 0.3 is 83.9 Å². The van der Waals surface area contributed by atoms with Gasteiger partial charge in [0.1, 0.15) is 61.8 Å². The number of nitrogens with one attached hydrogen (secondary N) is 1. The molecule has 0 aliphatic rings. The third-order valence-corrected chi connectivity index (χ3v) is 25.0. The summed E-state index contributed by atoms with van der Waals surface area (Å²) in [6.45, 7) is 10.3. The molecule has 11 heterocycles. The smallest absolute Gasteiger partial charge is 1.00 e. The fourth-order valence-electron chi connectivity index (χ4n) is 15.8. The number of rotatable bonds is 8. The number of halogens is 8. The van der Waals surface area contributed by atoms with E-state index in [-0.39, 0.29) is 114 Å². The van der Waals surface area contributed by atoms with Crippen molar-refractivity contribution in [3.05, 3.63) is 377 Å². The zero-order chi connectivity index (χ0) is 95.5. The number of alkyl halides is 3. The number of carbonyl (C=O) groups excluding carboxylic acids is 4. The Morgan fingerprint density at radius 2 is 0.710 bits per heavy atom. The summed E-state index contributed by atoms with van der Waals surface area (Å²) in [5.41, 5.74) is 13.8. The predicted octanol–water partition coefficient (Wildman–Crippen LogP) is 22.6. The maximum Gasteiger partial charge on any atom is 1.00 e. The molecule has 0 unspecified atom stereocenters. The van der Waals surface area contributed by atoms with Gasteiger partial charge in [-0.1, -0.05) is 293 Å². The number of fused-ring (bicyclic) bond motifs is 30. The molecule has 1 radical (unpaired) electrons. The minimum absolute atomic E-state index is 0. The van der Waals surface area contributed by atoms with Gasteiger partial charge in [-0.15, -0.1) is 24.8 Å². The van der Waals surface area contributed by atoms with Crippen LogP contribution in [0.15, 0.2) is 365 Å². The van der Waals surface area contributed by atoms with Crippen LogP contribution in [0, 0.1) is 0 Å². The van der Waals surface area contributed by atoms with E-state index in [0.29, 0.717) is 18.2 Å². The van der Waals surface area contributed by atoms with Crippen molar-refractivity contribution in [2.75, 3.05) is 24.5 Å². The first-order chi connectivity index (χ1) is 65.2. The molecule has 19 nitrogen and oxygen atoms in total. The average molecular weight is 2290 g/mol. The van der Waals surface area contributed by atoms with Crippen LogP contribution in [0.3, 0.4) is 0 Å². The molecule has 23 rings (SSSR count). The summed E-state index contributed by atoms with van der Waals surface area (Å²) in [6, 6.07) is 101. The topological polar surface area (TPSA) is 246 Å². The number of Topliss-reactive ketones (excluding diaryl/α,β-unsaturated/α-hetero) is 4. The molecule has 0 saturated carbocycles. The normalized spacial score (nSPS) is 10.4. The van der Waals surface area contributed by atoms with E-state index < -0.39 is 12.6 Å². The number of hydrogen-bond acceptors (Lipinski definition) is 14. The number of para-hydroxylation sites is 5. The van der Waals surface area contributed by atoms with E-state index in [1.165, 1.54) is 82.6 Å². The molecule has 0 bridgehead atoms. The Morgan fingerprint density at radius 3 is 1.05 bits per heavy atom. The number of aromatic nitrogens is 12. The van der Waals surface area contributed by atoms with Gasteiger partial charge in [-0.3, -0.25) is 45.6 Å². The Balaban J connectivity index is 0.000000246. The molecule has 0 aliphatic heterocycles. The van der Waals surface area contributed by atoms with Crippen LogP contribution in [0.2, 0.25) is 0 Å². The number of pyridine rings is 5. The number of thiol groups is 1. The van der Waals surface area contributed by atoms with Crippen LogP contribution in [0.4, 0.5) is 4.39 Å². The Kier molecular flexibility index (Phi) is 45.7. The van der Waals surface area contributed by atoms with Crippen LogP contribution < -0.4 is 59.1 Å². The van der Waals surface area contributed by atoms with Crippen molar-refractivity contribution in [2.45, 2.75) is 59.8 Å². The quantitative estimate of drug-likeness (QED) is 0.0423. The van der Waals surface area contributed by atoms with E-state index in [1.807, 2.05) is 183 Å². The van der Waals surface area contributed by atoms with E-state index in [4.69, 9.17) is 6.48 Å². The largest absolute Gasteiger partial charge is 1.00 e. The number of hydrogen-bond donors (Lipinski definition) is 3. The maximum absolute atomic E-state index is 12.2. The van der Waals surface area contributed by atoms with Crippen molar-refractivity contribution < 1.29 is 96.1 Å². The van der Waals surface area contributed by atoms with Gasteiger partial charge < -0.3 is 17.0 Å². The van der Waals surface area contributed by atoms with Crippen molar-refractivity contribution in [2.24, 2.45) is 4.30 Å². The van der Waals surface area contributed by atoms with Gasteiger partial charge in [-0.05, 0) is 164 Å². The number of aromatic amines is 1. The van der Waals surface area contributed by atoms with Crippen molar-refractivity contribution in [1.29, 1.82) is 0 Å². The first kappa shape index (κ1) is 113. The predicted molar refractivity (Wildman–Crippen MR) is 591 cm³/mol. The summed E-state index contributed by atoms with van der Waals surface area (Å²) < 4.78 is 32.0. The SMILES string of the molecule is Brc1ccccc1Br.Brc1cnc2c3ccccc3c3ccccc3n12.CC(=O)C(C)(C)c1cnc2c3ccccc3c3ccccc3n12.CC(=O)CBr.CC(=O)Cc1cnc2c3ccccc3c3ccccc3n12.CC(=O)Cc1cnc2c3ccccc3c3ccccc3n12.CI.CO.Cl.Cl.[2H]CF.[B]=NS.[H-].[Na+].[Na+].[OH-].c1ccc(-c2ncc[nH]2)cc1.c1ccc2c(c1)c1ccccc1n1ccnc21. The molecule has 693 valence electrons. The monoisotopic (exact) mass is 2280 g/mol. The second-order valence-electron chi connectivity index (χ2n) is 30.4. The van der Waals surface area contributed by atoms with E-state index in [2.05, 4.69) is 344 Å². The maximum atomic E-state index is 12.2. The van der Waals surface area contributed by atoms with Gasteiger partial charge in [0.2, 0.25) is 0 Å². The van der Waals surface area contributed by atoms with Crippen molar-refractivity contribution >= 4 is 291 Å². The van der Waals surface area contributed by atoms with Gasteiger partial charge in [0.15, 0.2) is 0 Å². The Hall–Kier alpha value is -10.1. The summed E-state index contributed by atoms with van der Waals surface area (Å²) in [6.07, 6.45) is 15.6. The first-order valence-corrected chi connectivity index (χ1v) is 47.9. The molecule has 0 amide bonds. The molecular weight excluding hydrogens is 2190 g/mol. The number of H-pyrrole nitrogens is 1. The van der Waals surface area contributed by atoms with Gasteiger partial charge in [-0.25, -0.2) is 29.9 Å². The molecule has 0 spiro atoms. The molecule has 0 atom stereocenters. The molecule has 0 saturated heterocycles. The molecule has 11 aromatic heterocycles. The van der Waals surface area contributed by atoms with Crippen molar-refractivity contribution in [3.63, 3.8) is 0 Å². The molecule has 31 heteroatoms. The van der Waals surface area contributed by atoms with Crippen LogP contribution >= 0.6 is 124 Å². The standard InChI is InChI=1S/C20H18N2O.2C18H14N2O.C15H9BrN2.C15H10N2.C9H8N2.C6H4Br2.C3H5BrO.CH3F.CH3I.CH4O.BHNS.2ClH.2Na.H2O.H/c1-13(23)20(2,3)18-12-21-19-16-10-5-4-8-14(16)15-9-6-7-11-17(15)22(18)19;2*1-12(21)10-13-11-19-18-16-8-3-2-6-14(16)15-7-4-5-9-17(15)20(13)18;16-14-9-17-15-12-7-2-1-5-10(12)11-6-3-4-8-13(11)18(14)15;1-2-7-13-11(5-1)12-6-3-4-8-14(12)17-10-9-16-15(13)17;1-2-4-8(5-3-1)9-10-6-7-11-9;7-5-3-1-2-4-6(5)8;1-3(5)2-4;3*1-2;1-2-3;;;;;;/h4-12H,1-3H3;2*2-9,11H,10H2,1H3;1-9H;1-10H;1-7H,(H,10,11);1-4H;2H2,1H3;2*1H3;2H,1H3;3H;2*1H;;;1H2;/q;;;;;;;;;;;;;;2*+1;;-1/p-1/i;;;;;;;;1D;;;;;;;;;. The van der Waals surface area contributed by atoms with E-state index in [0.717, 1.165) is 110 Å². The summed E-state index contributed by atoms with van der Waals surface area (Å²) in [7, 11) is 4.34. The Labute approximate surface area is 911 Å². The van der Waals surface area contributed by atoms with Gasteiger partial charge in [-0.2, -0.15) is 0 Å². The number of benzene rings is 12. The Bertz CT molecular complexity index is 7850. The minimum atomic E-state index is -1.00. The summed E-state index contributed by atoms with van der Waals surface area (Å²) in [4.78, 5) is 76.9. The number of carbonyl (C=O) groups is 4. The fourth-order valence-corrected chi connectivity index (χ4v) is 16.9. The average Bonchev–Trinajstić information content (AvgIpc) is 1.58. The summed E-state index contributed by atoms with van der Waals surface area (Å²) in [5, 5.41) is 25.4. The zero-order valence-corrected chi connectivity index (χ0v) is 92.3. The zero-order valence-electron chi connectivity index (χ0n) is 79.2.